The molecule has 1 heterocycles. The number of amides is 3. The van der Waals surface area contributed by atoms with Gasteiger partial charge in [-0.3, -0.25) is 14.4 Å². The molecule has 0 saturated heterocycles. The average Bonchev–Trinajstić information content (AvgIpc) is 3.04. The van der Waals surface area contributed by atoms with Crippen LogP contribution in [0.5, 0.6) is 5.75 Å². The van der Waals surface area contributed by atoms with Gasteiger partial charge in [-0.25, -0.2) is 4.98 Å². The normalized spacial score (nSPS) is 10.9. The summed E-state index contributed by atoms with van der Waals surface area (Å²) in [4.78, 5) is 43.1. The van der Waals surface area contributed by atoms with Gasteiger partial charge < -0.3 is 25.6 Å². The van der Waals surface area contributed by atoms with Crippen molar-refractivity contribution in [3.8, 4) is 5.75 Å². The highest BCUT2D eigenvalue weighted by molar-refractivity contribution is 6.38. The van der Waals surface area contributed by atoms with E-state index < -0.39 is 11.8 Å². The number of likely N-dealkylation sites (N-methyl/N-ethyl adjacent to an activating group) is 1. The summed E-state index contributed by atoms with van der Waals surface area (Å²) in [5.74, 6) is -0.492. The second kappa shape index (κ2) is 15.2. The summed E-state index contributed by atoms with van der Waals surface area (Å²) in [5, 5.41) is 9.99. The molecule has 4 aromatic rings. The number of carbonyl (C=O) groups is 3. The van der Waals surface area contributed by atoms with Crippen molar-refractivity contribution >= 4 is 69.3 Å². The van der Waals surface area contributed by atoms with Crippen molar-refractivity contribution in [2.45, 2.75) is 13.5 Å². The maximum Gasteiger partial charge on any atom is 0.251 e. The van der Waals surface area contributed by atoms with E-state index in [1.54, 1.807) is 62.6 Å². The van der Waals surface area contributed by atoms with Crippen LogP contribution in [-0.4, -0.2) is 49.9 Å². The van der Waals surface area contributed by atoms with Crippen molar-refractivity contribution in [1.29, 1.82) is 0 Å². The van der Waals surface area contributed by atoms with Crippen LogP contribution in [0.3, 0.4) is 0 Å². The molecule has 3 N–H and O–H groups in total. The van der Waals surface area contributed by atoms with Gasteiger partial charge in [-0.2, -0.15) is 0 Å². The molecule has 0 aliphatic carbocycles. The van der Waals surface area contributed by atoms with Crippen molar-refractivity contribution in [1.82, 2.24) is 15.6 Å². The molecule has 0 radical (unpaired) electrons. The molecule has 0 unspecified atom stereocenters. The summed E-state index contributed by atoms with van der Waals surface area (Å²) in [6.07, 6.45) is 4.68. The number of ether oxygens (including phenoxy) is 1. The van der Waals surface area contributed by atoms with Gasteiger partial charge in [-0.1, -0.05) is 53.5 Å². The molecular formula is C34H33Cl2N5O4. The van der Waals surface area contributed by atoms with Gasteiger partial charge in [0.15, 0.2) is 0 Å². The molecule has 232 valence electrons. The first-order valence-electron chi connectivity index (χ1n) is 14.0. The van der Waals surface area contributed by atoms with Gasteiger partial charge in [0.25, 0.3) is 5.91 Å². The van der Waals surface area contributed by atoms with Crippen LogP contribution in [-0.2, 0) is 16.2 Å². The molecule has 0 aliphatic heterocycles. The number of rotatable bonds is 12. The standard InChI is InChI=1S/C34H33Cl2N5O4/c1-5-17-38-27-18-21(2)40-33-24(27)7-6-8-29(33)45-20-25-26(35)14-15-28(32(25)36)41(4)31(43)19-39-30(42)16-11-22-9-12-23(13-10-22)34(44)37-3/h5-16,18H,1,17,19-20H2,2-4H3,(H,37,44)(H,38,40)(H,39,42)/b16-11+. The zero-order valence-corrected chi connectivity index (χ0v) is 26.6. The number of halogens is 2. The first-order valence-corrected chi connectivity index (χ1v) is 14.8. The van der Waals surface area contributed by atoms with E-state index in [1.165, 1.54) is 11.0 Å². The van der Waals surface area contributed by atoms with Gasteiger partial charge in [0.1, 0.15) is 17.9 Å². The van der Waals surface area contributed by atoms with Gasteiger partial charge in [0, 0.05) is 59.6 Å². The minimum absolute atomic E-state index is 0.0311. The van der Waals surface area contributed by atoms with Crippen molar-refractivity contribution in [2.24, 2.45) is 0 Å². The smallest absolute Gasteiger partial charge is 0.251 e. The fraction of sp³-hybridized carbons (Fsp3) is 0.176. The number of fused-ring (bicyclic) bond motifs is 1. The third-order valence-corrected chi connectivity index (χ3v) is 7.66. The molecule has 0 spiro atoms. The molecule has 4 rings (SSSR count). The number of anilines is 2. The molecular weight excluding hydrogens is 613 g/mol. The van der Waals surface area contributed by atoms with Crippen molar-refractivity contribution in [3.63, 3.8) is 0 Å². The lowest BCUT2D eigenvalue weighted by molar-refractivity contribution is -0.122. The van der Waals surface area contributed by atoms with Crippen LogP contribution < -0.4 is 25.6 Å². The Morgan fingerprint density at radius 2 is 1.82 bits per heavy atom. The van der Waals surface area contributed by atoms with E-state index in [0.717, 1.165) is 22.3 Å². The Balaban J connectivity index is 1.42. The Labute approximate surface area is 271 Å². The van der Waals surface area contributed by atoms with Gasteiger partial charge in [0.05, 0.1) is 17.3 Å². The SMILES string of the molecule is C=CCNc1cc(C)nc2c(OCc3c(Cl)ccc(N(C)C(=O)CNC(=O)/C=C/c4ccc(C(=O)NC)cc4)c3Cl)cccc12. The quantitative estimate of drug-likeness (QED) is 0.125. The molecule has 11 heteroatoms. The summed E-state index contributed by atoms with van der Waals surface area (Å²) in [5.41, 5.74) is 4.57. The number of nitrogens with one attached hydrogen (secondary N) is 3. The minimum atomic E-state index is -0.454. The third kappa shape index (κ3) is 8.20. The topological polar surface area (TPSA) is 113 Å². The summed E-state index contributed by atoms with van der Waals surface area (Å²) in [6.45, 7) is 6.05. The highest BCUT2D eigenvalue weighted by Gasteiger charge is 2.19. The number of carbonyl (C=O) groups excluding carboxylic acids is 3. The van der Waals surface area contributed by atoms with Crippen LogP contribution in [0.1, 0.15) is 27.2 Å². The first-order chi connectivity index (χ1) is 21.6. The van der Waals surface area contributed by atoms with Crippen LogP contribution in [0.25, 0.3) is 17.0 Å². The molecule has 3 amide bonds. The maximum atomic E-state index is 13.0. The summed E-state index contributed by atoms with van der Waals surface area (Å²) >= 11 is 13.3. The zero-order chi connectivity index (χ0) is 32.5. The van der Waals surface area contributed by atoms with E-state index in [4.69, 9.17) is 27.9 Å². The number of benzene rings is 3. The van der Waals surface area contributed by atoms with Crippen LogP contribution in [0.15, 0.2) is 79.4 Å². The molecule has 0 atom stereocenters. The van der Waals surface area contributed by atoms with E-state index in [1.807, 2.05) is 31.2 Å². The molecule has 45 heavy (non-hydrogen) atoms. The highest BCUT2D eigenvalue weighted by atomic mass is 35.5. The lowest BCUT2D eigenvalue weighted by atomic mass is 10.1. The molecule has 0 saturated carbocycles. The number of aromatic nitrogens is 1. The minimum Gasteiger partial charge on any atom is -0.487 e. The number of hydrogen-bond acceptors (Lipinski definition) is 6. The molecule has 0 fully saturated rings. The first kappa shape index (κ1) is 33.0. The number of para-hydroxylation sites is 1. The Hall–Kier alpha value is -4.86. The molecule has 0 aliphatic rings. The van der Waals surface area contributed by atoms with Crippen LogP contribution in [0.2, 0.25) is 10.0 Å². The van der Waals surface area contributed by atoms with Crippen molar-refractivity contribution in [2.75, 3.05) is 37.4 Å². The predicted octanol–water partition coefficient (Wildman–Crippen LogP) is 6.18. The number of aryl methyl sites for hydroxylation is 1. The van der Waals surface area contributed by atoms with Crippen LogP contribution in [0.4, 0.5) is 11.4 Å². The van der Waals surface area contributed by atoms with Crippen molar-refractivity contribution in [3.05, 3.63) is 112 Å². The Kier molecular flexibility index (Phi) is 11.2. The zero-order valence-electron chi connectivity index (χ0n) is 25.1. The number of pyridine rings is 1. The second-order valence-corrected chi connectivity index (χ2v) is 10.8. The van der Waals surface area contributed by atoms with Crippen LogP contribution >= 0.6 is 23.2 Å². The largest absolute Gasteiger partial charge is 0.487 e. The Morgan fingerprint density at radius 3 is 2.53 bits per heavy atom. The van der Waals surface area contributed by atoms with Crippen molar-refractivity contribution < 1.29 is 19.1 Å². The van der Waals surface area contributed by atoms with Gasteiger partial charge in [-0.15, -0.1) is 6.58 Å². The van der Waals surface area contributed by atoms with Crippen LogP contribution in [0, 0.1) is 6.92 Å². The summed E-state index contributed by atoms with van der Waals surface area (Å²) in [6, 6.07) is 17.7. The van der Waals surface area contributed by atoms with E-state index >= 15 is 0 Å². The molecule has 0 bridgehead atoms. The van der Waals surface area contributed by atoms with Gasteiger partial charge in [0.2, 0.25) is 11.8 Å². The molecule has 1 aromatic heterocycles. The number of nitrogens with zero attached hydrogens (tertiary/aromatic N) is 2. The fourth-order valence-corrected chi connectivity index (χ4v) is 5.06. The van der Waals surface area contributed by atoms with E-state index in [2.05, 4.69) is 27.5 Å². The maximum absolute atomic E-state index is 13.0. The number of hydrogen-bond donors (Lipinski definition) is 3. The fourth-order valence-electron chi connectivity index (χ4n) is 4.46. The molecule has 3 aromatic carbocycles. The lowest BCUT2D eigenvalue weighted by Crippen LogP contribution is -2.37. The Morgan fingerprint density at radius 1 is 1.07 bits per heavy atom. The predicted molar refractivity (Wildman–Crippen MR) is 181 cm³/mol. The van der Waals surface area contributed by atoms with Gasteiger partial charge >= 0.3 is 0 Å². The third-order valence-electron chi connectivity index (χ3n) is 6.88. The van der Waals surface area contributed by atoms with E-state index in [9.17, 15) is 14.4 Å². The molecule has 9 nitrogen and oxygen atoms in total. The van der Waals surface area contributed by atoms with Gasteiger partial charge in [-0.05, 0) is 55.0 Å². The lowest BCUT2D eigenvalue weighted by Gasteiger charge is -2.21. The highest BCUT2D eigenvalue weighted by Crippen LogP contribution is 2.36. The van der Waals surface area contributed by atoms with E-state index in [0.29, 0.717) is 39.6 Å². The summed E-state index contributed by atoms with van der Waals surface area (Å²) < 4.78 is 6.18. The monoisotopic (exact) mass is 645 g/mol. The van der Waals surface area contributed by atoms with E-state index in [-0.39, 0.29) is 24.1 Å². The second-order valence-electron chi connectivity index (χ2n) is 9.99. The average molecular weight is 647 g/mol. The summed E-state index contributed by atoms with van der Waals surface area (Å²) in [7, 11) is 3.12. The Bertz CT molecular complexity index is 1770.